The molecule has 0 saturated heterocycles. The molecule has 0 amide bonds. The molecule has 148 valence electrons. The first-order chi connectivity index (χ1) is 13.0. The number of aryl methyl sites for hydroxylation is 2. The molecule has 0 bridgehead atoms. The molecule has 1 heterocycles. The maximum absolute atomic E-state index is 12.9. The molecular weight excluding hydrogens is 352 g/mol. The highest BCUT2D eigenvalue weighted by Gasteiger charge is 2.39. The summed E-state index contributed by atoms with van der Waals surface area (Å²) in [6.07, 6.45) is 0. The molecule has 3 rings (SSSR count). The fourth-order valence-corrected chi connectivity index (χ4v) is 3.67. The number of ether oxygens (including phenoxy) is 2. The van der Waals surface area contributed by atoms with Crippen LogP contribution in [0.5, 0.6) is 5.75 Å². The number of esters is 2. The Bertz CT molecular complexity index is 950. The predicted octanol–water partition coefficient (Wildman–Crippen LogP) is 4.93. The van der Waals surface area contributed by atoms with E-state index >= 15 is 0 Å². The van der Waals surface area contributed by atoms with Crippen LogP contribution < -0.4 is 4.74 Å². The fourth-order valence-electron chi connectivity index (χ4n) is 3.67. The summed E-state index contributed by atoms with van der Waals surface area (Å²) < 4.78 is 10.7. The van der Waals surface area contributed by atoms with Crippen molar-refractivity contribution in [3.8, 4) is 5.75 Å². The molecule has 2 atom stereocenters. The van der Waals surface area contributed by atoms with E-state index in [4.69, 9.17) is 9.47 Å². The molecule has 1 aliphatic rings. The van der Waals surface area contributed by atoms with Gasteiger partial charge in [0.2, 0.25) is 0 Å². The zero-order valence-corrected chi connectivity index (χ0v) is 17.7. The van der Waals surface area contributed by atoms with Gasteiger partial charge >= 0.3 is 11.9 Å². The van der Waals surface area contributed by atoms with E-state index in [0.717, 1.165) is 27.8 Å². The van der Waals surface area contributed by atoms with Gasteiger partial charge in [0.1, 0.15) is 11.7 Å². The summed E-state index contributed by atoms with van der Waals surface area (Å²) in [5.41, 5.74) is 5.57. The SMILES string of the molecule is COC(=O)C(C)c1cc2c(c(C(C)(C)C)c1)OC(=O)C2c1ccc(C)c(C)c1. The van der Waals surface area contributed by atoms with Crippen LogP contribution in [0.15, 0.2) is 30.3 Å². The second-order valence-electron chi connectivity index (χ2n) is 8.68. The van der Waals surface area contributed by atoms with E-state index in [1.165, 1.54) is 12.7 Å². The van der Waals surface area contributed by atoms with Crippen molar-refractivity contribution in [1.29, 1.82) is 0 Å². The fraction of sp³-hybridized carbons (Fsp3) is 0.417. The number of benzene rings is 2. The van der Waals surface area contributed by atoms with Crippen LogP contribution >= 0.6 is 0 Å². The Morgan fingerprint density at radius 3 is 2.36 bits per heavy atom. The first kappa shape index (κ1) is 20.1. The van der Waals surface area contributed by atoms with Gasteiger partial charge in [-0.05, 0) is 54.5 Å². The van der Waals surface area contributed by atoms with E-state index in [0.29, 0.717) is 5.75 Å². The maximum Gasteiger partial charge on any atom is 0.323 e. The number of carbonyl (C=O) groups excluding carboxylic acids is 2. The largest absolute Gasteiger partial charge is 0.469 e. The highest BCUT2D eigenvalue weighted by molar-refractivity contribution is 5.91. The summed E-state index contributed by atoms with van der Waals surface area (Å²) in [5.74, 6) is -0.853. The van der Waals surface area contributed by atoms with Crippen molar-refractivity contribution >= 4 is 11.9 Å². The first-order valence-electron chi connectivity index (χ1n) is 9.59. The molecule has 4 heteroatoms. The Hall–Kier alpha value is -2.62. The van der Waals surface area contributed by atoms with Gasteiger partial charge in [-0.25, -0.2) is 0 Å². The molecule has 2 aromatic rings. The Labute approximate surface area is 166 Å². The van der Waals surface area contributed by atoms with Crippen LogP contribution in [-0.2, 0) is 19.7 Å². The standard InChI is InChI=1S/C24H28O4/c1-13-8-9-16(10-14(13)2)20-18-11-17(15(3)22(25)27-7)12-19(24(4,5)6)21(18)28-23(20)26/h8-12,15,20H,1-7H3. The summed E-state index contributed by atoms with van der Waals surface area (Å²) in [7, 11) is 1.39. The molecular formula is C24H28O4. The summed E-state index contributed by atoms with van der Waals surface area (Å²) >= 11 is 0. The Morgan fingerprint density at radius 2 is 1.79 bits per heavy atom. The van der Waals surface area contributed by atoms with Crippen molar-refractivity contribution < 1.29 is 19.1 Å². The van der Waals surface area contributed by atoms with E-state index in [-0.39, 0.29) is 17.4 Å². The topological polar surface area (TPSA) is 52.6 Å². The van der Waals surface area contributed by atoms with Crippen molar-refractivity contribution in [2.45, 2.75) is 58.8 Å². The lowest BCUT2D eigenvalue weighted by atomic mass is 9.80. The lowest BCUT2D eigenvalue weighted by molar-refractivity contribution is -0.142. The molecule has 0 aromatic heterocycles. The van der Waals surface area contributed by atoms with Crippen molar-refractivity contribution in [2.24, 2.45) is 0 Å². The van der Waals surface area contributed by atoms with E-state index in [2.05, 4.69) is 20.8 Å². The molecule has 0 radical (unpaired) electrons. The van der Waals surface area contributed by atoms with Crippen LogP contribution in [0, 0.1) is 13.8 Å². The molecule has 2 unspecified atom stereocenters. The molecule has 2 aromatic carbocycles. The van der Waals surface area contributed by atoms with Gasteiger partial charge in [-0.3, -0.25) is 9.59 Å². The van der Waals surface area contributed by atoms with E-state index in [1.807, 2.05) is 51.1 Å². The molecule has 1 aliphatic heterocycles. The van der Waals surface area contributed by atoms with Crippen LogP contribution in [0.2, 0.25) is 0 Å². The average molecular weight is 380 g/mol. The molecule has 4 nitrogen and oxygen atoms in total. The van der Waals surface area contributed by atoms with Gasteiger partial charge in [0, 0.05) is 11.1 Å². The zero-order chi connectivity index (χ0) is 20.8. The van der Waals surface area contributed by atoms with Crippen molar-refractivity contribution in [3.63, 3.8) is 0 Å². The highest BCUT2D eigenvalue weighted by atomic mass is 16.5. The van der Waals surface area contributed by atoms with E-state index in [1.54, 1.807) is 0 Å². The minimum atomic E-state index is -0.486. The van der Waals surface area contributed by atoms with Gasteiger partial charge in [0.05, 0.1) is 13.0 Å². The predicted molar refractivity (Wildman–Crippen MR) is 109 cm³/mol. The number of fused-ring (bicyclic) bond motifs is 1. The number of carbonyl (C=O) groups is 2. The Balaban J connectivity index is 2.22. The van der Waals surface area contributed by atoms with Crippen LogP contribution in [0.25, 0.3) is 0 Å². The number of hydrogen-bond donors (Lipinski definition) is 0. The first-order valence-corrected chi connectivity index (χ1v) is 9.59. The van der Waals surface area contributed by atoms with Gasteiger partial charge < -0.3 is 9.47 Å². The van der Waals surface area contributed by atoms with Gasteiger partial charge in [-0.15, -0.1) is 0 Å². The normalized spacial score (nSPS) is 17.1. The minimum absolute atomic E-state index is 0.242. The summed E-state index contributed by atoms with van der Waals surface area (Å²) in [6, 6.07) is 9.95. The lowest BCUT2D eigenvalue weighted by Gasteiger charge is -2.24. The highest BCUT2D eigenvalue weighted by Crippen LogP contribution is 2.46. The van der Waals surface area contributed by atoms with Gasteiger partial charge in [0.25, 0.3) is 0 Å². The van der Waals surface area contributed by atoms with Crippen LogP contribution in [0.1, 0.15) is 72.9 Å². The van der Waals surface area contributed by atoms with Crippen molar-refractivity contribution in [2.75, 3.05) is 7.11 Å². The second-order valence-corrected chi connectivity index (χ2v) is 8.68. The minimum Gasteiger partial charge on any atom is -0.469 e. The van der Waals surface area contributed by atoms with Gasteiger partial charge in [-0.1, -0.05) is 45.0 Å². The lowest BCUT2D eigenvalue weighted by Crippen LogP contribution is -2.16. The van der Waals surface area contributed by atoms with Crippen molar-refractivity contribution in [3.05, 3.63) is 63.7 Å². The van der Waals surface area contributed by atoms with E-state index in [9.17, 15) is 9.59 Å². The number of methoxy groups -OCH3 is 1. The number of rotatable bonds is 3. The Morgan fingerprint density at radius 1 is 1.11 bits per heavy atom. The third-order valence-electron chi connectivity index (χ3n) is 5.62. The molecule has 0 fully saturated rings. The molecule has 0 saturated carbocycles. The quantitative estimate of drug-likeness (QED) is 0.560. The zero-order valence-electron chi connectivity index (χ0n) is 17.7. The molecule has 28 heavy (non-hydrogen) atoms. The monoisotopic (exact) mass is 380 g/mol. The average Bonchev–Trinajstić information content (AvgIpc) is 2.96. The van der Waals surface area contributed by atoms with Gasteiger partial charge in [-0.2, -0.15) is 0 Å². The van der Waals surface area contributed by atoms with Crippen LogP contribution in [0.3, 0.4) is 0 Å². The summed E-state index contributed by atoms with van der Waals surface area (Å²) in [6.45, 7) is 12.1. The molecule has 0 spiro atoms. The third-order valence-corrected chi connectivity index (χ3v) is 5.62. The van der Waals surface area contributed by atoms with Gasteiger partial charge in [0.15, 0.2) is 0 Å². The maximum atomic E-state index is 12.9. The van der Waals surface area contributed by atoms with E-state index < -0.39 is 11.8 Å². The molecule has 0 aliphatic carbocycles. The second kappa shape index (κ2) is 7.08. The van der Waals surface area contributed by atoms with Crippen LogP contribution in [-0.4, -0.2) is 19.0 Å². The summed E-state index contributed by atoms with van der Waals surface area (Å²) in [5, 5.41) is 0. The van der Waals surface area contributed by atoms with Crippen molar-refractivity contribution in [1.82, 2.24) is 0 Å². The smallest absolute Gasteiger partial charge is 0.323 e. The summed E-state index contributed by atoms with van der Waals surface area (Å²) in [4.78, 5) is 25.0. The Kier molecular flexibility index (Phi) is 5.09. The van der Waals surface area contributed by atoms with Crippen LogP contribution in [0.4, 0.5) is 0 Å². The third kappa shape index (κ3) is 3.44. The molecule has 0 N–H and O–H groups in total. The number of hydrogen-bond acceptors (Lipinski definition) is 4.